The molecule has 6 heteroatoms. The van der Waals surface area contributed by atoms with Gasteiger partial charge in [0.2, 0.25) is 0 Å². The van der Waals surface area contributed by atoms with Gasteiger partial charge in [0.15, 0.2) is 0 Å². The minimum absolute atomic E-state index is 0.374. The molecule has 3 N–H and O–H groups in total. The van der Waals surface area contributed by atoms with E-state index in [1.165, 1.54) is 12.7 Å². The van der Waals surface area contributed by atoms with Crippen molar-refractivity contribution in [3.05, 3.63) is 12.4 Å². The number of anilines is 1. The third-order valence-electron chi connectivity index (χ3n) is 2.23. The molecule has 2 heterocycles. The zero-order chi connectivity index (χ0) is 10.5. The van der Waals surface area contributed by atoms with Gasteiger partial charge in [-0.05, 0) is 12.8 Å². The summed E-state index contributed by atoms with van der Waals surface area (Å²) in [6, 6.07) is 1.83. The lowest BCUT2D eigenvalue weighted by Crippen LogP contribution is -2.10. The van der Waals surface area contributed by atoms with E-state index in [-0.39, 0.29) is 0 Å². The molecular weight excluding hydrogens is 212 g/mol. The van der Waals surface area contributed by atoms with Crippen LogP contribution in [0, 0.1) is 0 Å². The van der Waals surface area contributed by atoms with Gasteiger partial charge in [0.1, 0.15) is 17.2 Å². The Morgan fingerprint density at radius 1 is 1.60 bits per heavy atom. The summed E-state index contributed by atoms with van der Waals surface area (Å²) in [5.41, 5.74) is 2.50. The zero-order valence-electron chi connectivity index (χ0n) is 8.35. The summed E-state index contributed by atoms with van der Waals surface area (Å²) in [5.74, 6) is 6.85. The van der Waals surface area contributed by atoms with Gasteiger partial charge in [-0.3, -0.25) is 0 Å². The summed E-state index contributed by atoms with van der Waals surface area (Å²) >= 11 is 1.68. The van der Waals surface area contributed by atoms with Crippen LogP contribution in [0.5, 0.6) is 0 Å². The minimum Gasteiger partial charge on any atom is -0.377 e. The second-order valence-corrected chi connectivity index (χ2v) is 4.37. The fourth-order valence-corrected chi connectivity index (χ4v) is 2.39. The number of ether oxygens (including phenoxy) is 1. The van der Waals surface area contributed by atoms with Crippen LogP contribution in [0.15, 0.2) is 17.4 Å². The molecule has 15 heavy (non-hydrogen) atoms. The monoisotopic (exact) mass is 226 g/mol. The molecule has 1 aliphatic rings. The van der Waals surface area contributed by atoms with E-state index in [4.69, 9.17) is 10.6 Å². The molecule has 0 spiro atoms. The van der Waals surface area contributed by atoms with E-state index in [9.17, 15) is 0 Å². The maximum atomic E-state index is 5.53. The topological polar surface area (TPSA) is 73.1 Å². The third-order valence-corrected chi connectivity index (χ3v) is 3.29. The first-order valence-corrected chi connectivity index (χ1v) is 5.90. The Morgan fingerprint density at radius 3 is 3.27 bits per heavy atom. The quantitative estimate of drug-likeness (QED) is 0.346. The SMILES string of the molecule is NNc1cc(SCC2CCCO2)ncn1. The second-order valence-electron chi connectivity index (χ2n) is 3.33. The normalized spacial score (nSPS) is 20.5. The number of aromatic nitrogens is 2. The van der Waals surface area contributed by atoms with Crippen molar-refractivity contribution in [2.45, 2.75) is 24.0 Å². The summed E-state index contributed by atoms with van der Waals surface area (Å²) < 4.78 is 5.53. The van der Waals surface area contributed by atoms with Crippen LogP contribution >= 0.6 is 11.8 Å². The van der Waals surface area contributed by atoms with Gasteiger partial charge in [-0.25, -0.2) is 15.8 Å². The molecule has 0 aliphatic carbocycles. The highest BCUT2D eigenvalue weighted by atomic mass is 32.2. The molecule has 82 valence electrons. The van der Waals surface area contributed by atoms with E-state index >= 15 is 0 Å². The van der Waals surface area contributed by atoms with Crippen molar-refractivity contribution in [1.82, 2.24) is 9.97 Å². The first-order valence-electron chi connectivity index (χ1n) is 4.91. The van der Waals surface area contributed by atoms with Crippen LogP contribution in [-0.4, -0.2) is 28.4 Å². The number of nitrogens with one attached hydrogen (secondary N) is 1. The van der Waals surface area contributed by atoms with Crippen molar-refractivity contribution in [2.75, 3.05) is 17.8 Å². The van der Waals surface area contributed by atoms with E-state index in [1.807, 2.05) is 6.07 Å². The van der Waals surface area contributed by atoms with Gasteiger partial charge >= 0.3 is 0 Å². The molecular formula is C9H14N4OS. The summed E-state index contributed by atoms with van der Waals surface area (Å²) in [4.78, 5) is 8.09. The number of nitrogen functional groups attached to an aromatic ring is 1. The molecule has 1 saturated heterocycles. The minimum atomic E-state index is 0.374. The van der Waals surface area contributed by atoms with Crippen molar-refractivity contribution in [3.8, 4) is 0 Å². The molecule has 0 aromatic carbocycles. The maximum absolute atomic E-state index is 5.53. The van der Waals surface area contributed by atoms with Gasteiger partial charge < -0.3 is 10.2 Å². The molecule has 5 nitrogen and oxygen atoms in total. The molecule has 0 saturated carbocycles. The molecule has 0 amide bonds. The fourth-order valence-electron chi connectivity index (χ4n) is 1.45. The lowest BCUT2D eigenvalue weighted by molar-refractivity contribution is 0.129. The number of nitrogens with zero attached hydrogens (tertiary/aromatic N) is 2. The van der Waals surface area contributed by atoms with Gasteiger partial charge in [-0.15, -0.1) is 11.8 Å². The fraction of sp³-hybridized carbons (Fsp3) is 0.556. The van der Waals surface area contributed by atoms with Crippen molar-refractivity contribution in [3.63, 3.8) is 0 Å². The highest BCUT2D eigenvalue weighted by Gasteiger charge is 2.15. The Bertz CT molecular complexity index is 317. The molecule has 2 rings (SSSR count). The van der Waals surface area contributed by atoms with Gasteiger partial charge in [0, 0.05) is 18.4 Å². The van der Waals surface area contributed by atoms with Crippen LogP contribution in [0.2, 0.25) is 0 Å². The number of nitrogens with two attached hydrogens (primary N) is 1. The number of hydrazine groups is 1. The van der Waals surface area contributed by atoms with Crippen molar-refractivity contribution < 1.29 is 4.74 Å². The highest BCUT2D eigenvalue weighted by molar-refractivity contribution is 7.99. The summed E-state index contributed by atoms with van der Waals surface area (Å²) in [5, 5.41) is 0.924. The van der Waals surface area contributed by atoms with Crippen LogP contribution in [0.25, 0.3) is 0 Å². The summed E-state index contributed by atoms with van der Waals surface area (Å²) in [7, 11) is 0. The molecule has 1 unspecified atom stereocenters. The Hall–Kier alpha value is -0.850. The largest absolute Gasteiger partial charge is 0.377 e. The molecule has 1 aromatic heterocycles. The summed E-state index contributed by atoms with van der Waals surface area (Å²) in [6.07, 6.45) is 4.21. The number of thioether (sulfide) groups is 1. The molecule has 1 aromatic rings. The number of hydrogen-bond donors (Lipinski definition) is 2. The van der Waals surface area contributed by atoms with Crippen molar-refractivity contribution in [2.24, 2.45) is 5.84 Å². The first-order chi connectivity index (χ1) is 7.38. The van der Waals surface area contributed by atoms with Crippen molar-refractivity contribution >= 4 is 17.6 Å². The first kappa shape index (κ1) is 10.7. The van der Waals surface area contributed by atoms with Gasteiger partial charge in [0.05, 0.1) is 6.10 Å². The highest BCUT2D eigenvalue weighted by Crippen LogP contribution is 2.22. The van der Waals surface area contributed by atoms with Gasteiger partial charge in [-0.2, -0.15) is 0 Å². The van der Waals surface area contributed by atoms with E-state index < -0.39 is 0 Å². The molecule has 0 radical (unpaired) electrons. The van der Waals surface area contributed by atoms with E-state index in [0.29, 0.717) is 11.9 Å². The predicted octanol–water partition coefficient (Wildman–Crippen LogP) is 1.03. The van der Waals surface area contributed by atoms with Crippen molar-refractivity contribution in [1.29, 1.82) is 0 Å². The van der Waals surface area contributed by atoms with Gasteiger partial charge in [-0.1, -0.05) is 0 Å². The Kier molecular flexibility index (Phi) is 3.76. The standard InChI is InChI=1S/C9H14N4OS/c10-13-8-4-9(12-6-11-8)15-5-7-2-1-3-14-7/h4,6-7H,1-3,5,10H2,(H,11,12,13). The molecule has 1 aliphatic heterocycles. The number of hydrogen-bond acceptors (Lipinski definition) is 6. The van der Waals surface area contributed by atoms with Gasteiger partial charge in [0.25, 0.3) is 0 Å². The second kappa shape index (κ2) is 5.29. The van der Waals surface area contributed by atoms with Crippen LogP contribution < -0.4 is 11.3 Å². The third kappa shape index (κ3) is 3.05. The molecule has 1 fully saturated rings. The lowest BCUT2D eigenvalue weighted by atomic mass is 10.3. The Balaban J connectivity index is 1.86. The molecule has 0 bridgehead atoms. The average molecular weight is 226 g/mol. The smallest absolute Gasteiger partial charge is 0.144 e. The van der Waals surface area contributed by atoms with E-state index in [1.54, 1.807) is 11.8 Å². The predicted molar refractivity (Wildman–Crippen MR) is 59.5 cm³/mol. The van der Waals surface area contributed by atoms with Crippen LogP contribution in [-0.2, 0) is 4.74 Å². The lowest BCUT2D eigenvalue weighted by Gasteiger charge is -2.08. The van der Waals surface area contributed by atoms with Crippen LogP contribution in [0.4, 0.5) is 5.82 Å². The van der Waals surface area contributed by atoms with Crippen LogP contribution in [0.3, 0.4) is 0 Å². The molecule has 1 atom stereocenters. The van der Waals surface area contributed by atoms with Crippen LogP contribution in [0.1, 0.15) is 12.8 Å². The average Bonchev–Trinajstić information content (AvgIpc) is 2.79. The summed E-state index contributed by atoms with van der Waals surface area (Å²) in [6.45, 7) is 0.893. The Labute approximate surface area is 92.8 Å². The number of rotatable bonds is 4. The maximum Gasteiger partial charge on any atom is 0.144 e. The Morgan fingerprint density at radius 2 is 2.53 bits per heavy atom. The van der Waals surface area contributed by atoms with E-state index in [2.05, 4.69) is 15.4 Å². The van der Waals surface area contributed by atoms with E-state index in [0.717, 1.165) is 23.8 Å². The zero-order valence-corrected chi connectivity index (χ0v) is 9.17.